The first-order chi connectivity index (χ1) is 11.6. The second kappa shape index (κ2) is 7.55. The summed E-state index contributed by atoms with van der Waals surface area (Å²) in [7, 11) is 0. The van der Waals surface area contributed by atoms with Crippen molar-refractivity contribution in [2.24, 2.45) is 0 Å². The molecule has 1 saturated carbocycles. The molecule has 130 valence electrons. The van der Waals surface area contributed by atoms with Gasteiger partial charge in [-0.05, 0) is 56.7 Å². The van der Waals surface area contributed by atoms with Crippen LogP contribution in [-0.4, -0.2) is 42.6 Å². The fourth-order valence-corrected chi connectivity index (χ4v) is 3.21. The Morgan fingerprint density at radius 1 is 1.12 bits per heavy atom. The molecule has 0 atom stereocenters. The summed E-state index contributed by atoms with van der Waals surface area (Å²) >= 11 is 0. The maximum Gasteiger partial charge on any atom is 0.338 e. The number of nitrogens with two attached hydrogens (primary N) is 1. The minimum atomic E-state index is -0.363. The van der Waals surface area contributed by atoms with E-state index in [4.69, 9.17) is 15.2 Å². The Balaban J connectivity index is 1.60. The normalized spacial score (nSPS) is 17.9. The van der Waals surface area contributed by atoms with Gasteiger partial charge < -0.3 is 20.1 Å². The molecule has 2 fully saturated rings. The van der Waals surface area contributed by atoms with Crippen LogP contribution in [0, 0.1) is 0 Å². The predicted molar refractivity (Wildman–Crippen MR) is 89.8 cm³/mol. The maximum absolute atomic E-state index is 12.2. The standard InChI is InChI=1S/C18H24N2O4/c19-15-8-7-13(18(22)24-14-5-1-2-6-14)11-16(15)23-12-17(21)20-9-3-4-10-20/h7-8,11,14H,1-6,9-10,12,19H2. The molecule has 0 unspecified atom stereocenters. The Bertz CT molecular complexity index is 605. The van der Waals surface area contributed by atoms with E-state index in [9.17, 15) is 9.59 Å². The first-order valence-electron chi connectivity index (χ1n) is 8.64. The molecule has 1 aliphatic carbocycles. The van der Waals surface area contributed by atoms with Gasteiger partial charge in [0.25, 0.3) is 5.91 Å². The molecule has 1 amide bonds. The average molecular weight is 332 g/mol. The van der Waals surface area contributed by atoms with Crippen LogP contribution in [0.1, 0.15) is 48.9 Å². The molecule has 0 spiro atoms. The molecule has 1 aliphatic heterocycles. The van der Waals surface area contributed by atoms with Gasteiger partial charge in [-0.15, -0.1) is 0 Å². The number of carbonyl (C=O) groups is 2. The fraction of sp³-hybridized carbons (Fsp3) is 0.556. The number of anilines is 1. The Morgan fingerprint density at radius 3 is 2.54 bits per heavy atom. The molecule has 6 nitrogen and oxygen atoms in total. The highest BCUT2D eigenvalue weighted by Gasteiger charge is 2.22. The summed E-state index contributed by atoms with van der Waals surface area (Å²) in [6.45, 7) is 1.50. The molecule has 1 saturated heterocycles. The average Bonchev–Trinajstić information content (AvgIpc) is 3.27. The number of nitrogens with zero attached hydrogens (tertiary/aromatic N) is 1. The summed E-state index contributed by atoms with van der Waals surface area (Å²) in [6.07, 6.45) is 6.14. The van der Waals surface area contributed by atoms with Crippen molar-refractivity contribution >= 4 is 17.6 Å². The van der Waals surface area contributed by atoms with E-state index in [1.807, 2.05) is 0 Å². The first-order valence-corrected chi connectivity index (χ1v) is 8.64. The Labute approximate surface area is 141 Å². The van der Waals surface area contributed by atoms with Crippen LogP contribution in [0.2, 0.25) is 0 Å². The molecule has 6 heteroatoms. The van der Waals surface area contributed by atoms with Crippen LogP contribution in [0.15, 0.2) is 18.2 Å². The second-order valence-corrected chi connectivity index (χ2v) is 6.44. The van der Waals surface area contributed by atoms with E-state index in [1.165, 1.54) is 0 Å². The molecule has 1 heterocycles. The van der Waals surface area contributed by atoms with Gasteiger partial charge in [0.05, 0.1) is 11.3 Å². The third-order valence-corrected chi connectivity index (χ3v) is 4.64. The van der Waals surface area contributed by atoms with Crippen molar-refractivity contribution < 1.29 is 19.1 Å². The van der Waals surface area contributed by atoms with Gasteiger partial charge in [-0.3, -0.25) is 4.79 Å². The van der Waals surface area contributed by atoms with Crippen LogP contribution in [0.25, 0.3) is 0 Å². The van der Waals surface area contributed by atoms with Gasteiger partial charge in [-0.1, -0.05) is 0 Å². The van der Waals surface area contributed by atoms with E-state index in [1.54, 1.807) is 23.1 Å². The summed E-state index contributed by atoms with van der Waals surface area (Å²) in [5, 5.41) is 0. The maximum atomic E-state index is 12.2. The Hall–Kier alpha value is -2.24. The predicted octanol–water partition coefficient (Wildman–Crippen LogP) is 2.37. The molecule has 0 bridgehead atoms. The topological polar surface area (TPSA) is 81.9 Å². The SMILES string of the molecule is Nc1ccc(C(=O)OC2CCCC2)cc1OCC(=O)N1CCCC1. The van der Waals surface area contributed by atoms with E-state index in [2.05, 4.69) is 0 Å². The number of rotatable bonds is 5. The largest absolute Gasteiger partial charge is 0.482 e. The van der Waals surface area contributed by atoms with Crippen LogP contribution < -0.4 is 10.5 Å². The lowest BCUT2D eigenvalue weighted by atomic mass is 10.2. The van der Waals surface area contributed by atoms with E-state index >= 15 is 0 Å². The minimum Gasteiger partial charge on any atom is -0.482 e. The summed E-state index contributed by atoms with van der Waals surface area (Å²) in [5.74, 6) is -0.0631. The van der Waals surface area contributed by atoms with Gasteiger partial charge in [0.2, 0.25) is 0 Å². The van der Waals surface area contributed by atoms with Gasteiger partial charge >= 0.3 is 5.97 Å². The number of esters is 1. The Kier molecular flexibility index (Phi) is 5.23. The van der Waals surface area contributed by atoms with E-state index in [0.29, 0.717) is 17.0 Å². The third-order valence-electron chi connectivity index (χ3n) is 4.64. The highest BCUT2D eigenvalue weighted by molar-refractivity contribution is 5.91. The van der Waals surface area contributed by atoms with Gasteiger partial charge in [-0.2, -0.15) is 0 Å². The number of nitrogen functional groups attached to an aromatic ring is 1. The van der Waals surface area contributed by atoms with Crippen molar-refractivity contribution in [3.05, 3.63) is 23.8 Å². The quantitative estimate of drug-likeness (QED) is 0.661. The van der Waals surface area contributed by atoms with Crippen molar-refractivity contribution in [3.63, 3.8) is 0 Å². The lowest BCUT2D eigenvalue weighted by Crippen LogP contribution is -2.32. The molecular formula is C18H24N2O4. The number of amides is 1. The molecule has 2 N–H and O–H groups in total. The number of carbonyl (C=O) groups excluding carboxylic acids is 2. The van der Waals surface area contributed by atoms with Crippen LogP contribution >= 0.6 is 0 Å². The third kappa shape index (κ3) is 3.99. The van der Waals surface area contributed by atoms with Crippen molar-refractivity contribution in [2.75, 3.05) is 25.4 Å². The molecular weight excluding hydrogens is 308 g/mol. The smallest absolute Gasteiger partial charge is 0.338 e. The molecule has 3 rings (SSSR count). The zero-order valence-electron chi connectivity index (χ0n) is 13.8. The molecule has 0 aromatic heterocycles. The molecule has 24 heavy (non-hydrogen) atoms. The second-order valence-electron chi connectivity index (χ2n) is 6.44. The van der Waals surface area contributed by atoms with Crippen LogP contribution in [0.4, 0.5) is 5.69 Å². The molecule has 1 aromatic carbocycles. The highest BCUT2D eigenvalue weighted by atomic mass is 16.5. The number of benzene rings is 1. The summed E-state index contributed by atoms with van der Waals surface area (Å²) in [6, 6.07) is 4.80. The van der Waals surface area contributed by atoms with Crippen LogP contribution in [0.5, 0.6) is 5.75 Å². The lowest BCUT2D eigenvalue weighted by molar-refractivity contribution is -0.132. The van der Waals surface area contributed by atoms with Gasteiger partial charge in [0.1, 0.15) is 11.9 Å². The summed E-state index contributed by atoms with van der Waals surface area (Å²) < 4.78 is 11.0. The first kappa shape index (κ1) is 16.6. The lowest BCUT2D eigenvalue weighted by Gasteiger charge is -2.17. The molecule has 1 aromatic rings. The number of hydrogen-bond donors (Lipinski definition) is 1. The number of likely N-dealkylation sites (tertiary alicyclic amines) is 1. The summed E-state index contributed by atoms with van der Waals surface area (Å²) in [5.41, 5.74) is 6.70. The van der Waals surface area contributed by atoms with Crippen molar-refractivity contribution in [1.82, 2.24) is 4.90 Å². The van der Waals surface area contributed by atoms with E-state index in [0.717, 1.165) is 51.6 Å². The molecule has 2 aliphatic rings. The highest BCUT2D eigenvalue weighted by Crippen LogP contribution is 2.26. The fourth-order valence-electron chi connectivity index (χ4n) is 3.21. The van der Waals surface area contributed by atoms with Crippen molar-refractivity contribution in [2.45, 2.75) is 44.6 Å². The zero-order valence-corrected chi connectivity index (χ0v) is 13.8. The van der Waals surface area contributed by atoms with Crippen molar-refractivity contribution in [3.8, 4) is 5.75 Å². The minimum absolute atomic E-state index is 0.0103. The number of ether oxygens (including phenoxy) is 2. The van der Waals surface area contributed by atoms with Crippen molar-refractivity contribution in [1.29, 1.82) is 0 Å². The van der Waals surface area contributed by atoms with Gasteiger partial charge in [0.15, 0.2) is 6.61 Å². The van der Waals surface area contributed by atoms with Crippen LogP contribution in [-0.2, 0) is 9.53 Å². The zero-order chi connectivity index (χ0) is 16.9. The van der Waals surface area contributed by atoms with E-state index in [-0.39, 0.29) is 24.6 Å². The van der Waals surface area contributed by atoms with Gasteiger partial charge in [-0.25, -0.2) is 4.79 Å². The van der Waals surface area contributed by atoms with E-state index < -0.39 is 0 Å². The molecule has 0 radical (unpaired) electrons. The monoisotopic (exact) mass is 332 g/mol. The number of hydrogen-bond acceptors (Lipinski definition) is 5. The van der Waals surface area contributed by atoms with Crippen LogP contribution in [0.3, 0.4) is 0 Å². The Morgan fingerprint density at radius 2 is 1.83 bits per heavy atom. The van der Waals surface area contributed by atoms with Gasteiger partial charge in [0, 0.05) is 13.1 Å². The summed E-state index contributed by atoms with van der Waals surface area (Å²) in [4.78, 5) is 26.1.